The van der Waals surface area contributed by atoms with Gasteiger partial charge in [-0.15, -0.1) is 0 Å². The van der Waals surface area contributed by atoms with E-state index in [0.29, 0.717) is 18.9 Å². The van der Waals surface area contributed by atoms with Crippen LogP contribution in [0.2, 0.25) is 0 Å². The van der Waals surface area contributed by atoms with Gasteiger partial charge in [0.05, 0.1) is 6.54 Å². The van der Waals surface area contributed by atoms with Crippen molar-refractivity contribution in [1.82, 2.24) is 15.2 Å². The normalized spacial score (nSPS) is 16.9. The molecule has 0 spiro atoms. The van der Waals surface area contributed by atoms with Crippen molar-refractivity contribution in [2.24, 2.45) is 5.84 Å². The number of nitrogens with two attached hydrogens (primary N) is 1. The summed E-state index contributed by atoms with van der Waals surface area (Å²) in [6, 6.07) is 3.77. The zero-order chi connectivity index (χ0) is 11.4. The Hall–Kier alpha value is -1.66. The maximum atomic E-state index is 11.2. The highest BCUT2D eigenvalue weighted by Gasteiger charge is 2.15. The number of hydrogen-bond acceptors (Lipinski definition) is 5. The molecule has 0 aliphatic carbocycles. The third-order valence-corrected chi connectivity index (χ3v) is 2.50. The SMILES string of the molecule is NNc1ccc(CN2CCNC(=O)C2)cn1. The number of carbonyl (C=O) groups is 1. The number of hydrazine groups is 1. The smallest absolute Gasteiger partial charge is 0.234 e. The number of piperazine rings is 1. The number of nitrogens with zero attached hydrogens (tertiary/aromatic N) is 2. The van der Waals surface area contributed by atoms with Gasteiger partial charge < -0.3 is 10.7 Å². The first-order chi connectivity index (χ1) is 7.78. The molecule has 0 radical (unpaired) electrons. The largest absolute Gasteiger partial charge is 0.354 e. The zero-order valence-electron chi connectivity index (χ0n) is 8.94. The third kappa shape index (κ3) is 2.68. The monoisotopic (exact) mass is 221 g/mol. The molecule has 0 saturated carbocycles. The molecular formula is C10H15N5O. The van der Waals surface area contributed by atoms with E-state index >= 15 is 0 Å². The van der Waals surface area contributed by atoms with Crippen LogP contribution in [0.15, 0.2) is 18.3 Å². The highest BCUT2D eigenvalue weighted by molar-refractivity contribution is 5.78. The Labute approximate surface area is 93.8 Å². The second-order valence-electron chi connectivity index (χ2n) is 3.76. The molecule has 6 nitrogen and oxygen atoms in total. The summed E-state index contributed by atoms with van der Waals surface area (Å²) in [5, 5.41) is 2.79. The minimum Gasteiger partial charge on any atom is -0.354 e. The van der Waals surface area contributed by atoms with Crippen molar-refractivity contribution in [3.8, 4) is 0 Å². The third-order valence-electron chi connectivity index (χ3n) is 2.50. The van der Waals surface area contributed by atoms with E-state index in [1.807, 2.05) is 12.1 Å². The van der Waals surface area contributed by atoms with E-state index in [0.717, 1.165) is 18.7 Å². The molecular weight excluding hydrogens is 206 g/mol. The van der Waals surface area contributed by atoms with Crippen molar-refractivity contribution in [2.75, 3.05) is 25.1 Å². The number of nitrogens with one attached hydrogen (secondary N) is 2. The van der Waals surface area contributed by atoms with Crippen molar-refractivity contribution >= 4 is 11.7 Å². The second kappa shape index (κ2) is 4.91. The second-order valence-corrected chi connectivity index (χ2v) is 3.76. The molecule has 1 aromatic heterocycles. The average molecular weight is 221 g/mol. The van der Waals surface area contributed by atoms with Gasteiger partial charge in [0.25, 0.3) is 0 Å². The lowest BCUT2D eigenvalue weighted by Gasteiger charge is -2.26. The van der Waals surface area contributed by atoms with Gasteiger partial charge in [-0.3, -0.25) is 9.69 Å². The molecule has 16 heavy (non-hydrogen) atoms. The van der Waals surface area contributed by atoms with Crippen molar-refractivity contribution < 1.29 is 4.79 Å². The maximum Gasteiger partial charge on any atom is 0.234 e. The lowest BCUT2D eigenvalue weighted by atomic mass is 10.2. The van der Waals surface area contributed by atoms with Gasteiger partial charge in [-0.25, -0.2) is 10.8 Å². The fourth-order valence-electron chi connectivity index (χ4n) is 1.69. The number of aromatic nitrogens is 1. The first-order valence-electron chi connectivity index (χ1n) is 5.18. The van der Waals surface area contributed by atoms with Gasteiger partial charge >= 0.3 is 0 Å². The van der Waals surface area contributed by atoms with E-state index in [1.165, 1.54) is 0 Å². The Morgan fingerprint density at radius 1 is 1.56 bits per heavy atom. The number of anilines is 1. The molecule has 86 valence electrons. The molecule has 4 N–H and O–H groups in total. The van der Waals surface area contributed by atoms with Crippen LogP contribution in [0.25, 0.3) is 0 Å². The highest BCUT2D eigenvalue weighted by atomic mass is 16.2. The minimum atomic E-state index is 0.0828. The predicted octanol–water partition coefficient (Wildman–Crippen LogP) is -0.701. The van der Waals surface area contributed by atoms with Gasteiger partial charge in [-0.05, 0) is 11.6 Å². The molecule has 1 amide bonds. The van der Waals surface area contributed by atoms with Crippen LogP contribution < -0.4 is 16.6 Å². The van der Waals surface area contributed by atoms with Crippen molar-refractivity contribution in [3.63, 3.8) is 0 Å². The van der Waals surface area contributed by atoms with Crippen molar-refractivity contribution in [3.05, 3.63) is 23.9 Å². The average Bonchev–Trinajstić information content (AvgIpc) is 2.30. The number of nitrogen functional groups attached to an aromatic ring is 1. The van der Waals surface area contributed by atoms with Crippen LogP contribution in [0.1, 0.15) is 5.56 Å². The van der Waals surface area contributed by atoms with Crippen LogP contribution in [0, 0.1) is 0 Å². The van der Waals surface area contributed by atoms with Crippen LogP contribution in [0.3, 0.4) is 0 Å². The van der Waals surface area contributed by atoms with E-state index in [9.17, 15) is 4.79 Å². The summed E-state index contributed by atoms with van der Waals surface area (Å²) >= 11 is 0. The van der Waals surface area contributed by atoms with E-state index in [1.54, 1.807) is 6.20 Å². The number of pyridine rings is 1. The fourth-order valence-corrected chi connectivity index (χ4v) is 1.69. The molecule has 1 fully saturated rings. The summed E-state index contributed by atoms with van der Waals surface area (Å²) in [6.07, 6.45) is 1.77. The van der Waals surface area contributed by atoms with Crippen LogP contribution in [0.4, 0.5) is 5.82 Å². The highest BCUT2D eigenvalue weighted by Crippen LogP contribution is 2.07. The van der Waals surface area contributed by atoms with Crippen LogP contribution in [-0.4, -0.2) is 35.4 Å². The molecule has 0 aromatic carbocycles. The molecule has 1 saturated heterocycles. The number of hydrogen-bond donors (Lipinski definition) is 3. The van der Waals surface area contributed by atoms with E-state index in [4.69, 9.17) is 5.84 Å². The molecule has 6 heteroatoms. The first kappa shape index (κ1) is 10.8. The fraction of sp³-hybridized carbons (Fsp3) is 0.400. The molecule has 0 unspecified atom stereocenters. The summed E-state index contributed by atoms with van der Waals surface area (Å²) in [4.78, 5) is 17.4. The lowest BCUT2D eigenvalue weighted by Crippen LogP contribution is -2.47. The molecule has 1 aliphatic heterocycles. The summed E-state index contributed by atoms with van der Waals surface area (Å²) in [7, 11) is 0. The summed E-state index contributed by atoms with van der Waals surface area (Å²) in [6.45, 7) is 2.79. The van der Waals surface area contributed by atoms with Gasteiger partial charge in [-0.1, -0.05) is 6.07 Å². The van der Waals surface area contributed by atoms with Crippen molar-refractivity contribution in [1.29, 1.82) is 0 Å². The van der Waals surface area contributed by atoms with E-state index < -0.39 is 0 Å². The van der Waals surface area contributed by atoms with E-state index in [2.05, 4.69) is 20.6 Å². The summed E-state index contributed by atoms with van der Waals surface area (Å²) in [5.74, 6) is 5.95. The Kier molecular flexibility index (Phi) is 3.33. The van der Waals surface area contributed by atoms with Gasteiger partial charge in [0.1, 0.15) is 5.82 Å². The number of carbonyl (C=O) groups excluding carboxylic acids is 1. The summed E-state index contributed by atoms with van der Waals surface area (Å²) in [5.41, 5.74) is 3.55. The summed E-state index contributed by atoms with van der Waals surface area (Å²) < 4.78 is 0. The predicted molar refractivity (Wildman–Crippen MR) is 60.3 cm³/mol. The number of amides is 1. The molecule has 2 heterocycles. The standard InChI is InChI=1S/C10H15N5O/c11-14-9-2-1-8(5-13-9)6-15-4-3-12-10(16)7-15/h1-2,5H,3-4,6-7,11H2,(H,12,16)(H,13,14). The van der Waals surface area contributed by atoms with Gasteiger partial charge in [-0.2, -0.15) is 0 Å². The molecule has 1 aromatic rings. The van der Waals surface area contributed by atoms with Crippen LogP contribution >= 0.6 is 0 Å². The Morgan fingerprint density at radius 3 is 3.06 bits per heavy atom. The first-order valence-corrected chi connectivity index (χ1v) is 5.18. The van der Waals surface area contributed by atoms with Crippen LogP contribution in [-0.2, 0) is 11.3 Å². The quantitative estimate of drug-likeness (QED) is 0.464. The molecule has 1 aliphatic rings. The Morgan fingerprint density at radius 2 is 2.44 bits per heavy atom. The van der Waals surface area contributed by atoms with Gasteiger partial charge in [0.15, 0.2) is 0 Å². The maximum absolute atomic E-state index is 11.2. The molecule has 2 rings (SSSR count). The van der Waals surface area contributed by atoms with Gasteiger partial charge in [0.2, 0.25) is 5.91 Å². The zero-order valence-corrected chi connectivity index (χ0v) is 8.94. The number of rotatable bonds is 3. The molecule has 0 atom stereocenters. The lowest BCUT2D eigenvalue weighted by molar-refractivity contribution is -0.124. The minimum absolute atomic E-state index is 0.0828. The van der Waals surface area contributed by atoms with Gasteiger partial charge in [0, 0.05) is 25.8 Å². The van der Waals surface area contributed by atoms with E-state index in [-0.39, 0.29) is 5.91 Å². The van der Waals surface area contributed by atoms with Crippen molar-refractivity contribution in [2.45, 2.75) is 6.54 Å². The Bertz CT molecular complexity index is 364. The van der Waals surface area contributed by atoms with Crippen LogP contribution in [0.5, 0.6) is 0 Å². The Balaban J connectivity index is 1.94. The topological polar surface area (TPSA) is 83.3 Å². The molecule has 0 bridgehead atoms.